The molecule has 0 aliphatic heterocycles. The van der Waals surface area contributed by atoms with E-state index < -0.39 is 11.6 Å². The molecule has 0 unspecified atom stereocenters. The highest BCUT2D eigenvalue weighted by Gasteiger charge is 2.17. The Hall–Kier alpha value is -1.75. The summed E-state index contributed by atoms with van der Waals surface area (Å²) in [6.07, 6.45) is 1.65. The Morgan fingerprint density at radius 2 is 1.94 bits per heavy atom. The molecule has 0 atom stereocenters. The molecule has 5 heteroatoms. The maximum absolute atomic E-state index is 13.5. The molecule has 2 aromatic rings. The van der Waals surface area contributed by atoms with Crippen LogP contribution in [0.2, 0.25) is 0 Å². The standard InChI is InChI=1S/C11H11F2N3/c1-16-6-7(5-14)11(15-16)10-8(12)3-2-4-9(10)13/h2-4,6H,5,14H2,1H3. The van der Waals surface area contributed by atoms with Crippen LogP contribution in [0.1, 0.15) is 5.56 Å². The quantitative estimate of drug-likeness (QED) is 0.844. The topological polar surface area (TPSA) is 43.8 Å². The van der Waals surface area contributed by atoms with Crippen LogP contribution in [-0.4, -0.2) is 9.78 Å². The Morgan fingerprint density at radius 1 is 1.31 bits per heavy atom. The van der Waals surface area contributed by atoms with Crippen molar-refractivity contribution in [2.45, 2.75) is 6.54 Å². The van der Waals surface area contributed by atoms with Crippen LogP contribution in [0.15, 0.2) is 24.4 Å². The van der Waals surface area contributed by atoms with E-state index in [1.165, 1.54) is 22.9 Å². The molecule has 0 aliphatic rings. The Balaban J connectivity index is 2.66. The number of aryl methyl sites for hydroxylation is 1. The van der Waals surface area contributed by atoms with Crippen LogP contribution >= 0.6 is 0 Å². The van der Waals surface area contributed by atoms with E-state index in [4.69, 9.17) is 5.73 Å². The second-order valence-electron chi connectivity index (χ2n) is 3.48. The molecule has 0 amide bonds. The number of benzene rings is 1. The molecular formula is C11H11F2N3. The first-order valence-corrected chi connectivity index (χ1v) is 4.80. The fraction of sp³-hybridized carbons (Fsp3) is 0.182. The van der Waals surface area contributed by atoms with Crippen molar-refractivity contribution < 1.29 is 8.78 Å². The summed E-state index contributed by atoms with van der Waals surface area (Å²) in [5, 5.41) is 4.03. The van der Waals surface area contributed by atoms with Crippen molar-refractivity contribution in [1.29, 1.82) is 0 Å². The summed E-state index contributed by atoms with van der Waals surface area (Å²) in [5.41, 5.74) is 6.26. The molecule has 0 spiro atoms. The molecule has 1 aromatic heterocycles. The first-order valence-electron chi connectivity index (χ1n) is 4.80. The van der Waals surface area contributed by atoms with Crippen molar-refractivity contribution in [1.82, 2.24) is 9.78 Å². The van der Waals surface area contributed by atoms with E-state index in [9.17, 15) is 8.78 Å². The number of rotatable bonds is 2. The van der Waals surface area contributed by atoms with E-state index in [-0.39, 0.29) is 17.8 Å². The molecule has 1 heterocycles. The van der Waals surface area contributed by atoms with Gasteiger partial charge in [0, 0.05) is 25.4 Å². The number of hydrogen-bond donors (Lipinski definition) is 1. The lowest BCUT2D eigenvalue weighted by Gasteiger charge is -2.03. The van der Waals surface area contributed by atoms with Gasteiger partial charge in [-0.25, -0.2) is 8.78 Å². The predicted octanol–water partition coefficient (Wildman–Crippen LogP) is 1.82. The maximum Gasteiger partial charge on any atom is 0.135 e. The van der Waals surface area contributed by atoms with Gasteiger partial charge < -0.3 is 5.73 Å². The summed E-state index contributed by atoms with van der Waals surface area (Å²) in [5.74, 6) is -1.26. The number of nitrogens with zero attached hydrogens (tertiary/aromatic N) is 2. The van der Waals surface area contributed by atoms with Crippen LogP contribution in [0.25, 0.3) is 11.3 Å². The molecular weight excluding hydrogens is 212 g/mol. The average Bonchev–Trinajstić information content (AvgIpc) is 2.59. The van der Waals surface area contributed by atoms with E-state index in [1.807, 2.05) is 0 Å². The van der Waals surface area contributed by atoms with E-state index >= 15 is 0 Å². The highest BCUT2D eigenvalue weighted by molar-refractivity contribution is 5.64. The SMILES string of the molecule is Cn1cc(CN)c(-c2c(F)cccc2F)n1. The minimum Gasteiger partial charge on any atom is -0.326 e. The van der Waals surface area contributed by atoms with Crippen LogP contribution in [0, 0.1) is 11.6 Å². The van der Waals surface area contributed by atoms with Gasteiger partial charge in [-0.05, 0) is 12.1 Å². The molecule has 0 aliphatic carbocycles. The van der Waals surface area contributed by atoms with Crippen LogP contribution in [-0.2, 0) is 13.6 Å². The highest BCUT2D eigenvalue weighted by atomic mass is 19.1. The maximum atomic E-state index is 13.5. The van der Waals surface area contributed by atoms with E-state index in [0.717, 1.165) is 0 Å². The average molecular weight is 223 g/mol. The van der Waals surface area contributed by atoms with Crippen molar-refractivity contribution in [2.24, 2.45) is 12.8 Å². The second-order valence-corrected chi connectivity index (χ2v) is 3.48. The summed E-state index contributed by atoms with van der Waals surface area (Å²) in [7, 11) is 1.68. The van der Waals surface area contributed by atoms with Gasteiger partial charge in [0.05, 0.1) is 5.56 Å². The molecule has 2 rings (SSSR count). The van der Waals surface area contributed by atoms with Gasteiger partial charge in [-0.2, -0.15) is 5.10 Å². The number of aromatic nitrogens is 2. The van der Waals surface area contributed by atoms with Crippen LogP contribution < -0.4 is 5.73 Å². The molecule has 1 aromatic carbocycles. The molecule has 0 bridgehead atoms. The van der Waals surface area contributed by atoms with Crippen LogP contribution in [0.4, 0.5) is 8.78 Å². The lowest BCUT2D eigenvalue weighted by atomic mass is 10.1. The van der Waals surface area contributed by atoms with Crippen LogP contribution in [0.3, 0.4) is 0 Å². The lowest BCUT2D eigenvalue weighted by Crippen LogP contribution is -1.99. The number of hydrogen-bond acceptors (Lipinski definition) is 2. The van der Waals surface area contributed by atoms with Gasteiger partial charge >= 0.3 is 0 Å². The predicted molar refractivity (Wildman–Crippen MR) is 56.5 cm³/mol. The molecule has 84 valence electrons. The minimum atomic E-state index is -0.631. The van der Waals surface area contributed by atoms with Gasteiger partial charge in [-0.3, -0.25) is 4.68 Å². The van der Waals surface area contributed by atoms with E-state index in [1.54, 1.807) is 13.2 Å². The van der Waals surface area contributed by atoms with Gasteiger partial charge in [0.25, 0.3) is 0 Å². The summed E-state index contributed by atoms with van der Waals surface area (Å²) < 4.78 is 28.6. The Morgan fingerprint density at radius 3 is 2.50 bits per heavy atom. The molecule has 3 nitrogen and oxygen atoms in total. The Labute approximate surface area is 91.5 Å². The lowest BCUT2D eigenvalue weighted by molar-refractivity contribution is 0.587. The van der Waals surface area contributed by atoms with Crippen molar-refractivity contribution in [3.8, 4) is 11.3 Å². The second kappa shape index (κ2) is 4.02. The third-order valence-corrected chi connectivity index (χ3v) is 2.32. The molecule has 16 heavy (non-hydrogen) atoms. The minimum absolute atomic E-state index is 0.122. The third-order valence-electron chi connectivity index (χ3n) is 2.32. The van der Waals surface area contributed by atoms with Gasteiger partial charge in [0.1, 0.15) is 17.3 Å². The van der Waals surface area contributed by atoms with Crippen molar-refractivity contribution in [2.75, 3.05) is 0 Å². The van der Waals surface area contributed by atoms with E-state index in [2.05, 4.69) is 5.10 Å². The van der Waals surface area contributed by atoms with Gasteiger partial charge in [0.2, 0.25) is 0 Å². The molecule has 0 saturated heterocycles. The van der Waals surface area contributed by atoms with Gasteiger partial charge in [-0.15, -0.1) is 0 Å². The summed E-state index contributed by atoms with van der Waals surface area (Å²) in [4.78, 5) is 0. The zero-order valence-corrected chi connectivity index (χ0v) is 8.74. The highest BCUT2D eigenvalue weighted by Crippen LogP contribution is 2.27. The summed E-state index contributed by atoms with van der Waals surface area (Å²) >= 11 is 0. The first-order chi connectivity index (χ1) is 7.63. The molecule has 2 N–H and O–H groups in total. The fourth-order valence-electron chi connectivity index (χ4n) is 1.62. The summed E-state index contributed by atoms with van der Waals surface area (Å²) in [6.45, 7) is 0.191. The zero-order chi connectivity index (χ0) is 11.7. The van der Waals surface area contributed by atoms with Crippen LogP contribution in [0.5, 0.6) is 0 Å². The molecule has 0 fully saturated rings. The third kappa shape index (κ3) is 1.69. The van der Waals surface area contributed by atoms with Crippen molar-refractivity contribution in [3.63, 3.8) is 0 Å². The Bertz CT molecular complexity index is 500. The van der Waals surface area contributed by atoms with Gasteiger partial charge in [-0.1, -0.05) is 6.07 Å². The molecule has 0 saturated carbocycles. The van der Waals surface area contributed by atoms with Crippen molar-refractivity contribution >= 4 is 0 Å². The van der Waals surface area contributed by atoms with E-state index in [0.29, 0.717) is 5.56 Å². The number of halogens is 2. The molecule has 0 radical (unpaired) electrons. The monoisotopic (exact) mass is 223 g/mol. The smallest absolute Gasteiger partial charge is 0.135 e. The number of nitrogens with two attached hydrogens (primary N) is 1. The summed E-state index contributed by atoms with van der Waals surface area (Å²) in [6, 6.07) is 3.72. The normalized spacial score (nSPS) is 10.8. The Kier molecular flexibility index (Phi) is 2.70. The fourth-order valence-corrected chi connectivity index (χ4v) is 1.62. The largest absolute Gasteiger partial charge is 0.326 e. The first kappa shape index (κ1) is 10.8. The van der Waals surface area contributed by atoms with Crippen molar-refractivity contribution in [3.05, 3.63) is 41.6 Å². The van der Waals surface area contributed by atoms with Gasteiger partial charge in [0.15, 0.2) is 0 Å². The zero-order valence-electron chi connectivity index (χ0n) is 8.74.